The molecule has 1 aromatic carbocycles. The zero-order valence-electron chi connectivity index (χ0n) is 17.8. The van der Waals surface area contributed by atoms with Crippen molar-refractivity contribution < 1.29 is 9.59 Å². The van der Waals surface area contributed by atoms with Gasteiger partial charge >= 0.3 is 0 Å². The molecule has 2 aromatic rings. The van der Waals surface area contributed by atoms with Gasteiger partial charge in [-0.05, 0) is 49.7 Å². The fraction of sp³-hybridized carbons (Fsp3) is 0.480. The van der Waals surface area contributed by atoms with E-state index in [0.717, 1.165) is 44.1 Å². The lowest BCUT2D eigenvalue weighted by atomic mass is 9.83. The van der Waals surface area contributed by atoms with Crippen LogP contribution < -0.4 is 11.3 Å². The number of nitrogens with zero attached hydrogens (tertiary/aromatic N) is 1. The molecule has 0 bridgehead atoms. The lowest BCUT2D eigenvalue weighted by Gasteiger charge is -2.25. The maximum absolute atomic E-state index is 12.9. The highest BCUT2D eigenvalue weighted by molar-refractivity contribution is 6.00. The summed E-state index contributed by atoms with van der Waals surface area (Å²) < 4.78 is 1.49. The van der Waals surface area contributed by atoms with Crippen molar-refractivity contribution in [2.75, 3.05) is 0 Å². The second-order valence-electron chi connectivity index (χ2n) is 8.43. The number of carbonyl (C=O) groups is 2. The van der Waals surface area contributed by atoms with Crippen molar-refractivity contribution in [1.82, 2.24) is 4.57 Å². The lowest BCUT2D eigenvalue weighted by Crippen LogP contribution is -2.28. The van der Waals surface area contributed by atoms with Gasteiger partial charge in [-0.1, -0.05) is 43.7 Å². The molecule has 1 aliphatic rings. The summed E-state index contributed by atoms with van der Waals surface area (Å²) in [5.41, 5.74) is 7.16. The summed E-state index contributed by atoms with van der Waals surface area (Å²) >= 11 is 0. The Morgan fingerprint density at radius 3 is 2.43 bits per heavy atom. The van der Waals surface area contributed by atoms with E-state index in [1.165, 1.54) is 10.6 Å². The Morgan fingerprint density at radius 1 is 1.07 bits per heavy atom. The van der Waals surface area contributed by atoms with Gasteiger partial charge in [0.25, 0.3) is 5.56 Å². The third-order valence-electron chi connectivity index (χ3n) is 6.13. The average molecular weight is 409 g/mol. The highest BCUT2D eigenvalue weighted by Crippen LogP contribution is 2.27. The molecule has 1 aliphatic carbocycles. The minimum absolute atomic E-state index is 0.00512. The van der Waals surface area contributed by atoms with Gasteiger partial charge in [-0.15, -0.1) is 0 Å². The van der Waals surface area contributed by atoms with Crippen LogP contribution in [0.2, 0.25) is 0 Å². The molecule has 160 valence electrons. The number of carbonyl (C=O) groups excluding carboxylic acids is 2. The van der Waals surface area contributed by atoms with Crippen LogP contribution in [0.1, 0.15) is 84.6 Å². The molecule has 0 saturated heterocycles. The Labute approximate surface area is 178 Å². The molecule has 3 rings (SSSR count). The summed E-state index contributed by atoms with van der Waals surface area (Å²) in [6.07, 6.45) is 8.59. The third kappa shape index (κ3) is 5.76. The molecule has 30 heavy (non-hydrogen) atoms. The monoisotopic (exact) mass is 408 g/mol. The van der Waals surface area contributed by atoms with Crippen LogP contribution >= 0.6 is 0 Å². The summed E-state index contributed by atoms with van der Waals surface area (Å²) in [7, 11) is 0. The van der Waals surface area contributed by atoms with Gasteiger partial charge in [0.1, 0.15) is 0 Å². The van der Waals surface area contributed by atoms with E-state index >= 15 is 0 Å². The summed E-state index contributed by atoms with van der Waals surface area (Å²) in [4.78, 5) is 38.0. The fourth-order valence-electron chi connectivity index (χ4n) is 4.25. The Hall–Kier alpha value is -2.53. The minimum Gasteiger partial charge on any atom is -0.328 e. The molecular formula is C25H32N2O3. The maximum Gasteiger partial charge on any atom is 0.261 e. The molecule has 1 fully saturated rings. The second kappa shape index (κ2) is 10.5. The number of aromatic nitrogens is 1. The molecule has 0 unspecified atom stereocenters. The molecule has 0 radical (unpaired) electrons. The molecule has 1 saturated carbocycles. The fourth-order valence-corrected chi connectivity index (χ4v) is 4.25. The predicted molar refractivity (Wildman–Crippen MR) is 119 cm³/mol. The summed E-state index contributed by atoms with van der Waals surface area (Å²) in [5, 5.41) is 0. The van der Waals surface area contributed by atoms with E-state index in [1.807, 2.05) is 30.3 Å². The first-order valence-electron chi connectivity index (χ1n) is 11.1. The molecule has 5 heteroatoms. The number of nitrogens with two attached hydrogens (primary N) is 1. The first kappa shape index (κ1) is 22.2. The SMILES string of the molecule is CCC(=O)c1cc(C(=O)CCCC2CCC(N)CC2)cn(Cc2ccccc2)c1=O. The summed E-state index contributed by atoms with van der Waals surface area (Å²) in [6.45, 7) is 2.07. The lowest BCUT2D eigenvalue weighted by molar-refractivity contribution is 0.0975. The van der Waals surface area contributed by atoms with Crippen molar-refractivity contribution >= 4 is 11.6 Å². The van der Waals surface area contributed by atoms with Crippen LogP contribution in [-0.2, 0) is 6.54 Å². The Balaban J connectivity index is 1.73. The topological polar surface area (TPSA) is 82.2 Å². The Bertz CT molecular complexity index is 925. The van der Waals surface area contributed by atoms with Gasteiger partial charge in [0.05, 0.1) is 12.1 Å². The number of Topliss-reactive ketones (excluding diaryl/α,β-unsaturated/α-hetero) is 2. The summed E-state index contributed by atoms with van der Waals surface area (Å²) in [5.74, 6) is 0.423. The van der Waals surface area contributed by atoms with E-state index in [0.29, 0.717) is 30.5 Å². The first-order valence-corrected chi connectivity index (χ1v) is 11.1. The van der Waals surface area contributed by atoms with Crippen LogP contribution in [-0.4, -0.2) is 22.2 Å². The van der Waals surface area contributed by atoms with Crippen molar-refractivity contribution in [3.05, 3.63) is 69.6 Å². The quantitative estimate of drug-likeness (QED) is 0.625. The van der Waals surface area contributed by atoms with E-state index in [1.54, 1.807) is 13.1 Å². The van der Waals surface area contributed by atoms with Crippen molar-refractivity contribution in [3.63, 3.8) is 0 Å². The maximum atomic E-state index is 12.9. The van der Waals surface area contributed by atoms with Crippen molar-refractivity contribution in [1.29, 1.82) is 0 Å². The zero-order valence-corrected chi connectivity index (χ0v) is 17.8. The Morgan fingerprint density at radius 2 is 1.77 bits per heavy atom. The molecular weight excluding hydrogens is 376 g/mol. The first-order chi connectivity index (χ1) is 14.5. The standard InChI is InChI=1S/C25H32N2O3/c1-2-23(28)22-15-20(17-27(25(22)30)16-19-7-4-3-5-8-19)24(29)10-6-9-18-11-13-21(26)14-12-18/h3-5,7-8,15,17-18,21H,2,6,9-14,16,26H2,1H3. The normalized spacial score (nSPS) is 18.9. The Kier molecular flexibility index (Phi) is 7.75. The molecule has 1 aromatic heterocycles. The third-order valence-corrected chi connectivity index (χ3v) is 6.13. The highest BCUT2D eigenvalue weighted by Gasteiger charge is 2.20. The van der Waals surface area contributed by atoms with E-state index < -0.39 is 0 Å². The number of benzene rings is 1. The van der Waals surface area contributed by atoms with Crippen LogP contribution in [0.4, 0.5) is 0 Å². The predicted octanol–water partition coefficient (Wildman–Crippen LogP) is 4.36. The summed E-state index contributed by atoms with van der Waals surface area (Å²) in [6, 6.07) is 11.4. The van der Waals surface area contributed by atoms with Gasteiger partial charge < -0.3 is 10.3 Å². The van der Waals surface area contributed by atoms with Crippen molar-refractivity contribution in [3.8, 4) is 0 Å². The number of hydrogen-bond donors (Lipinski definition) is 1. The van der Waals surface area contributed by atoms with E-state index in [9.17, 15) is 14.4 Å². The van der Waals surface area contributed by atoms with Crippen LogP contribution in [0.25, 0.3) is 0 Å². The molecule has 0 amide bonds. The number of hydrogen-bond acceptors (Lipinski definition) is 4. The zero-order chi connectivity index (χ0) is 21.5. The van der Waals surface area contributed by atoms with Gasteiger partial charge in [0, 0.05) is 30.6 Å². The van der Waals surface area contributed by atoms with Gasteiger partial charge in [-0.3, -0.25) is 14.4 Å². The van der Waals surface area contributed by atoms with E-state index in [2.05, 4.69) is 0 Å². The minimum atomic E-state index is -0.333. The molecule has 1 heterocycles. The molecule has 0 spiro atoms. The number of rotatable bonds is 9. The molecule has 2 N–H and O–H groups in total. The van der Waals surface area contributed by atoms with Crippen LogP contribution in [0.3, 0.4) is 0 Å². The van der Waals surface area contributed by atoms with Crippen LogP contribution in [0, 0.1) is 5.92 Å². The van der Waals surface area contributed by atoms with Crippen molar-refractivity contribution in [2.24, 2.45) is 11.7 Å². The van der Waals surface area contributed by atoms with Gasteiger partial charge in [0.2, 0.25) is 0 Å². The largest absolute Gasteiger partial charge is 0.328 e. The van der Waals surface area contributed by atoms with Gasteiger partial charge in [-0.25, -0.2) is 0 Å². The van der Waals surface area contributed by atoms with E-state index in [4.69, 9.17) is 5.73 Å². The second-order valence-corrected chi connectivity index (χ2v) is 8.43. The van der Waals surface area contributed by atoms with Crippen molar-refractivity contribution in [2.45, 2.75) is 70.9 Å². The highest BCUT2D eigenvalue weighted by atomic mass is 16.1. The van der Waals surface area contributed by atoms with Crippen LogP contribution in [0.5, 0.6) is 0 Å². The van der Waals surface area contributed by atoms with Crippen LogP contribution in [0.15, 0.2) is 47.4 Å². The average Bonchev–Trinajstić information content (AvgIpc) is 2.76. The smallest absolute Gasteiger partial charge is 0.261 e. The van der Waals surface area contributed by atoms with E-state index in [-0.39, 0.29) is 29.1 Å². The number of ketones is 2. The molecule has 0 aliphatic heterocycles. The molecule has 5 nitrogen and oxygen atoms in total. The van der Waals surface area contributed by atoms with Gasteiger partial charge in [0.15, 0.2) is 11.6 Å². The number of pyridine rings is 1. The van der Waals surface area contributed by atoms with Gasteiger partial charge in [-0.2, -0.15) is 0 Å². The molecule has 0 atom stereocenters.